The lowest BCUT2D eigenvalue weighted by molar-refractivity contribution is -0.0454. The zero-order valence-electron chi connectivity index (χ0n) is 21.0. The third-order valence-corrected chi connectivity index (χ3v) is 8.40. The zero-order valence-corrected chi connectivity index (χ0v) is 21.8. The number of aliphatic hydroxyl groups is 1. The highest BCUT2D eigenvalue weighted by molar-refractivity contribution is 5.85. The predicted molar refractivity (Wildman–Crippen MR) is 145 cm³/mol. The Labute approximate surface area is 219 Å². The molecule has 36 heavy (non-hydrogen) atoms. The number of fused-ring (bicyclic) bond motifs is 1. The number of nitrogens with zero attached hydrogens (tertiary/aromatic N) is 2. The lowest BCUT2D eigenvalue weighted by Gasteiger charge is -2.56. The van der Waals surface area contributed by atoms with Crippen LogP contribution in [0.2, 0.25) is 0 Å². The van der Waals surface area contributed by atoms with Gasteiger partial charge in [0.1, 0.15) is 12.2 Å². The number of likely N-dealkylation sites (N-methyl/N-ethyl adjacent to an activating group) is 1. The van der Waals surface area contributed by atoms with Crippen LogP contribution in [0.4, 0.5) is 0 Å². The van der Waals surface area contributed by atoms with Crippen molar-refractivity contribution in [2.45, 2.75) is 56.3 Å². The largest absolute Gasteiger partial charge is 0.490 e. The van der Waals surface area contributed by atoms with Crippen LogP contribution >= 0.6 is 12.4 Å². The number of piperidine rings is 1. The summed E-state index contributed by atoms with van der Waals surface area (Å²) in [6.45, 7) is 3.95. The normalized spacial score (nSPS) is 28.9. The summed E-state index contributed by atoms with van der Waals surface area (Å²) >= 11 is 0. The Morgan fingerprint density at radius 2 is 1.97 bits per heavy atom. The second kappa shape index (κ2) is 10.0. The summed E-state index contributed by atoms with van der Waals surface area (Å²) in [5.74, 6) is 2.19. The van der Waals surface area contributed by atoms with E-state index < -0.39 is 6.10 Å². The molecule has 7 rings (SSSR count). The number of ether oxygens (including phenoxy) is 2. The molecule has 3 heterocycles. The number of aliphatic hydroxyl groups excluding tert-OH is 1. The summed E-state index contributed by atoms with van der Waals surface area (Å²) < 4.78 is 12.5. The van der Waals surface area contributed by atoms with Crippen LogP contribution < -0.4 is 9.47 Å². The number of unbranched alkanes of at least 4 members (excludes halogenated alkanes) is 1. The predicted octanol–water partition coefficient (Wildman–Crippen LogP) is 5.33. The summed E-state index contributed by atoms with van der Waals surface area (Å²) in [6, 6.07) is 16.9. The van der Waals surface area contributed by atoms with Gasteiger partial charge in [-0.25, -0.2) is 0 Å². The van der Waals surface area contributed by atoms with Gasteiger partial charge >= 0.3 is 0 Å². The molecule has 6 heteroatoms. The first-order chi connectivity index (χ1) is 17.1. The van der Waals surface area contributed by atoms with Gasteiger partial charge in [0.05, 0.1) is 12.1 Å². The van der Waals surface area contributed by atoms with Gasteiger partial charge in [0.15, 0.2) is 11.5 Å². The average Bonchev–Trinajstić information content (AvgIpc) is 3.25. The van der Waals surface area contributed by atoms with E-state index in [2.05, 4.69) is 54.2 Å². The number of halogens is 1. The lowest BCUT2D eigenvalue weighted by Crippen LogP contribution is -2.64. The van der Waals surface area contributed by atoms with Crippen LogP contribution in [0.1, 0.15) is 37.3 Å². The second-order valence-electron chi connectivity index (χ2n) is 10.3. The van der Waals surface area contributed by atoms with Gasteiger partial charge in [-0.3, -0.25) is 4.98 Å². The third kappa shape index (κ3) is 3.89. The van der Waals surface area contributed by atoms with Crippen LogP contribution in [0.3, 0.4) is 0 Å². The molecule has 0 amide bonds. The van der Waals surface area contributed by atoms with E-state index in [1.54, 1.807) is 0 Å². The molecule has 1 saturated heterocycles. The maximum atomic E-state index is 10.7. The van der Waals surface area contributed by atoms with Crippen molar-refractivity contribution in [2.24, 2.45) is 5.92 Å². The number of benzene rings is 2. The second-order valence-corrected chi connectivity index (χ2v) is 10.3. The van der Waals surface area contributed by atoms with Crippen LogP contribution in [0, 0.1) is 5.92 Å². The van der Waals surface area contributed by atoms with Crippen LogP contribution in [0.25, 0.3) is 10.9 Å². The maximum Gasteiger partial charge on any atom is 0.165 e. The smallest absolute Gasteiger partial charge is 0.165 e. The fourth-order valence-corrected chi connectivity index (χ4v) is 6.68. The molecule has 1 N–H and O–H groups in total. The zero-order chi connectivity index (χ0) is 24.0. The van der Waals surface area contributed by atoms with E-state index in [9.17, 15) is 5.11 Å². The fraction of sp³-hybridized carbons (Fsp3) is 0.433. The molecule has 3 aromatic rings. The Morgan fingerprint density at radius 1 is 1.14 bits per heavy atom. The molecule has 0 saturated carbocycles. The Balaban J connectivity index is 0.000000204. The summed E-state index contributed by atoms with van der Waals surface area (Å²) in [6.07, 6.45) is 9.55. The number of hydrogen-bond donors (Lipinski definition) is 1. The van der Waals surface area contributed by atoms with E-state index in [4.69, 9.17) is 9.47 Å². The number of para-hydroxylation sites is 1. The Kier molecular flexibility index (Phi) is 6.99. The molecular formula is C30H35ClN2O3. The fourth-order valence-electron chi connectivity index (χ4n) is 6.68. The highest BCUT2D eigenvalue weighted by atomic mass is 35.5. The van der Waals surface area contributed by atoms with Gasteiger partial charge in [-0.1, -0.05) is 55.8 Å². The van der Waals surface area contributed by atoms with Crippen molar-refractivity contribution >= 4 is 23.3 Å². The molecule has 5 atom stereocenters. The first-order valence-corrected chi connectivity index (χ1v) is 13.0. The third-order valence-electron chi connectivity index (χ3n) is 8.40. The number of hydrogen-bond acceptors (Lipinski definition) is 5. The van der Waals surface area contributed by atoms with Gasteiger partial charge in [-0.05, 0) is 56.6 Å². The van der Waals surface area contributed by atoms with Crippen LogP contribution in [-0.2, 0) is 11.8 Å². The van der Waals surface area contributed by atoms with Gasteiger partial charge in [0.2, 0.25) is 0 Å². The summed E-state index contributed by atoms with van der Waals surface area (Å²) in [5.41, 5.74) is 3.70. The molecule has 0 radical (unpaired) electrons. The van der Waals surface area contributed by atoms with E-state index in [1.807, 2.05) is 36.5 Å². The van der Waals surface area contributed by atoms with E-state index in [-0.39, 0.29) is 23.9 Å². The first-order valence-electron chi connectivity index (χ1n) is 13.0. The molecular weight excluding hydrogens is 472 g/mol. The SMILES string of the molecule is CCCCOc1ccc2c3c1O[C@H]1[C@@H](O)C=C[C@H]4[C@@H](C2)N(C)CC[C@@]341.Cl.c1ccc2ncccc2c1. The molecule has 2 aliphatic carbocycles. The molecule has 1 fully saturated rings. The van der Waals surface area contributed by atoms with Crippen LogP contribution in [-0.4, -0.2) is 53.4 Å². The highest BCUT2D eigenvalue weighted by Gasteiger charge is 2.64. The first kappa shape index (κ1) is 25.1. The van der Waals surface area contributed by atoms with Crippen LogP contribution in [0.5, 0.6) is 11.5 Å². The number of rotatable bonds is 4. The molecule has 0 unspecified atom stereocenters. The van der Waals surface area contributed by atoms with E-state index in [0.717, 1.165) is 55.9 Å². The number of likely N-dealkylation sites (tertiary alicyclic amines) is 1. The molecule has 1 spiro atoms. The molecule has 2 bridgehead atoms. The van der Waals surface area contributed by atoms with Gasteiger partial charge in [-0.2, -0.15) is 0 Å². The van der Waals surface area contributed by atoms with Crippen molar-refractivity contribution in [2.75, 3.05) is 20.2 Å². The lowest BCUT2D eigenvalue weighted by atomic mass is 9.53. The molecule has 2 aromatic carbocycles. The Hall–Kier alpha value is -2.60. The van der Waals surface area contributed by atoms with E-state index in [0.29, 0.717) is 12.0 Å². The Morgan fingerprint density at radius 3 is 2.81 bits per heavy atom. The van der Waals surface area contributed by atoms with Gasteiger partial charge in [0.25, 0.3) is 0 Å². The van der Waals surface area contributed by atoms with Crippen molar-refractivity contribution in [3.05, 3.63) is 78.0 Å². The minimum Gasteiger partial charge on any atom is -0.490 e. The van der Waals surface area contributed by atoms with Crippen molar-refractivity contribution in [3.8, 4) is 11.5 Å². The summed E-state index contributed by atoms with van der Waals surface area (Å²) in [5, 5.41) is 11.9. The minimum absolute atomic E-state index is 0. The van der Waals surface area contributed by atoms with Crippen molar-refractivity contribution in [1.29, 1.82) is 0 Å². The summed E-state index contributed by atoms with van der Waals surface area (Å²) in [4.78, 5) is 6.67. The van der Waals surface area contributed by atoms with Gasteiger partial charge in [-0.15, -0.1) is 12.4 Å². The van der Waals surface area contributed by atoms with Crippen LogP contribution in [0.15, 0.2) is 66.9 Å². The number of aromatic nitrogens is 1. The maximum absolute atomic E-state index is 10.7. The molecule has 1 aromatic heterocycles. The monoisotopic (exact) mass is 506 g/mol. The molecule has 4 aliphatic rings. The molecule has 5 nitrogen and oxygen atoms in total. The quantitative estimate of drug-likeness (QED) is 0.383. The molecule has 190 valence electrons. The topological polar surface area (TPSA) is 54.8 Å². The standard InChI is InChI=1S/C21H27NO3.C9H7N.ClH/c1-3-4-11-24-17-8-5-13-12-15-14-6-7-16(23)20-21(14,9-10-22(15)2)18(13)19(17)25-20;1-2-6-9-8(4-1)5-3-7-10-9;/h5-8,14-16,20,23H,3-4,9-12H2,1-2H3;1-7H;1H/t14-,15+,16-,20-,21-;;/m0../s1. The van der Waals surface area contributed by atoms with E-state index >= 15 is 0 Å². The van der Waals surface area contributed by atoms with Gasteiger partial charge in [0, 0.05) is 34.5 Å². The number of pyridine rings is 1. The average molecular weight is 507 g/mol. The van der Waals surface area contributed by atoms with Crippen molar-refractivity contribution in [3.63, 3.8) is 0 Å². The highest BCUT2D eigenvalue weighted by Crippen LogP contribution is 2.62. The van der Waals surface area contributed by atoms with E-state index in [1.165, 1.54) is 16.5 Å². The van der Waals surface area contributed by atoms with Crippen molar-refractivity contribution < 1.29 is 14.6 Å². The van der Waals surface area contributed by atoms with Crippen molar-refractivity contribution in [1.82, 2.24) is 9.88 Å². The Bertz CT molecular complexity index is 1200. The summed E-state index contributed by atoms with van der Waals surface area (Å²) in [7, 11) is 2.23. The molecule has 2 aliphatic heterocycles. The van der Waals surface area contributed by atoms with Gasteiger partial charge < -0.3 is 19.5 Å². The minimum atomic E-state index is -0.540.